The molecule has 20 heavy (non-hydrogen) atoms. The molecule has 1 unspecified atom stereocenters. The third kappa shape index (κ3) is 2.83. The Bertz CT molecular complexity index is 610. The first-order chi connectivity index (χ1) is 9.54. The van der Waals surface area contributed by atoms with E-state index in [9.17, 15) is 4.39 Å². The van der Waals surface area contributed by atoms with E-state index >= 15 is 0 Å². The summed E-state index contributed by atoms with van der Waals surface area (Å²) in [5.74, 6) is 0.583. The summed E-state index contributed by atoms with van der Waals surface area (Å²) in [5.41, 5.74) is 10.0. The maximum Gasteiger partial charge on any atom is 0.126 e. The minimum absolute atomic E-state index is 0.217. The number of rotatable bonds is 4. The van der Waals surface area contributed by atoms with Gasteiger partial charge in [-0.3, -0.25) is 0 Å². The van der Waals surface area contributed by atoms with Crippen LogP contribution >= 0.6 is 0 Å². The Hall–Kier alpha value is -1.87. The fraction of sp³-hybridized carbons (Fsp3) is 0.294. The monoisotopic (exact) mass is 273 g/mol. The van der Waals surface area contributed by atoms with Gasteiger partial charge in [-0.2, -0.15) is 0 Å². The first-order valence-corrected chi connectivity index (χ1v) is 6.67. The lowest BCUT2D eigenvalue weighted by atomic mass is 9.95. The second kappa shape index (κ2) is 6.06. The van der Waals surface area contributed by atoms with E-state index < -0.39 is 0 Å². The van der Waals surface area contributed by atoms with E-state index in [0.29, 0.717) is 12.0 Å². The van der Waals surface area contributed by atoms with E-state index in [4.69, 9.17) is 10.5 Å². The Morgan fingerprint density at radius 2 is 1.85 bits per heavy atom. The molecule has 0 aliphatic rings. The quantitative estimate of drug-likeness (QED) is 0.922. The molecule has 0 aliphatic carbocycles. The van der Waals surface area contributed by atoms with Crippen LogP contribution < -0.4 is 10.5 Å². The molecule has 0 spiro atoms. The number of ether oxygens (including phenoxy) is 1. The highest BCUT2D eigenvalue weighted by atomic mass is 19.1. The van der Waals surface area contributed by atoms with Crippen LogP contribution in [0.2, 0.25) is 0 Å². The van der Waals surface area contributed by atoms with Crippen molar-refractivity contribution in [1.29, 1.82) is 0 Å². The van der Waals surface area contributed by atoms with E-state index in [1.165, 1.54) is 6.07 Å². The molecule has 0 heterocycles. The normalized spacial score (nSPS) is 12.2. The summed E-state index contributed by atoms with van der Waals surface area (Å²) in [6.07, 6.45) is 0.450. The fourth-order valence-corrected chi connectivity index (χ4v) is 2.38. The van der Waals surface area contributed by atoms with Gasteiger partial charge in [-0.1, -0.05) is 30.3 Å². The van der Waals surface area contributed by atoms with Gasteiger partial charge in [0.1, 0.15) is 11.6 Å². The molecular formula is C17H20FNO. The van der Waals surface area contributed by atoms with Gasteiger partial charge in [0, 0.05) is 11.6 Å². The SMILES string of the molecule is COc1c(C(N)Cc2ccccc2F)ccc(C)c1C. The Morgan fingerprint density at radius 1 is 1.15 bits per heavy atom. The summed E-state index contributed by atoms with van der Waals surface area (Å²) in [5, 5.41) is 0. The van der Waals surface area contributed by atoms with E-state index in [2.05, 4.69) is 0 Å². The zero-order valence-electron chi connectivity index (χ0n) is 12.1. The van der Waals surface area contributed by atoms with E-state index in [-0.39, 0.29) is 11.9 Å². The number of nitrogens with two attached hydrogens (primary N) is 1. The minimum Gasteiger partial charge on any atom is -0.496 e. The van der Waals surface area contributed by atoms with Gasteiger partial charge in [0.2, 0.25) is 0 Å². The van der Waals surface area contributed by atoms with Crippen LogP contribution in [-0.2, 0) is 6.42 Å². The molecule has 0 aromatic heterocycles. The van der Waals surface area contributed by atoms with Crippen LogP contribution in [0.5, 0.6) is 5.75 Å². The van der Waals surface area contributed by atoms with Crippen molar-refractivity contribution in [1.82, 2.24) is 0 Å². The summed E-state index contributed by atoms with van der Waals surface area (Å²) in [7, 11) is 1.64. The van der Waals surface area contributed by atoms with Crippen LogP contribution in [0, 0.1) is 19.7 Å². The standard InChI is InChI=1S/C17H20FNO/c1-11-8-9-14(17(20-3)12(11)2)16(19)10-13-6-4-5-7-15(13)18/h4-9,16H,10,19H2,1-3H3. The van der Waals surface area contributed by atoms with Gasteiger partial charge in [-0.05, 0) is 43.0 Å². The van der Waals surface area contributed by atoms with Crippen molar-refractivity contribution in [2.75, 3.05) is 7.11 Å². The predicted molar refractivity (Wildman–Crippen MR) is 79.5 cm³/mol. The number of aryl methyl sites for hydroxylation is 1. The third-order valence-electron chi connectivity index (χ3n) is 3.71. The molecule has 0 bridgehead atoms. The fourth-order valence-electron chi connectivity index (χ4n) is 2.38. The summed E-state index contributed by atoms with van der Waals surface area (Å²) in [4.78, 5) is 0. The molecule has 0 radical (unpaired) electrons. The second-order valence-electron chi connectivity index (χ2n) is 5.03. The molecule has 0 saturated heterocycles. The Kier molecular flexibility index (Phi) is 4.40. The molecule has 0 saturated carbocycles. The lowest BCUT2D eigenvalue weighted by Crippen LogP contribution is -2.16. The molecule has 106 valence electrons. The molecular weight excluding hydrogens is 253 g/mol. The third-order valence-corrected chi connectivity index (χ3v) is 3.71. The number of hydrogen-bond donors (Lipinski definition) is 1. The summed E-state index contributed by atoms with van der Waals surface area (Å²) in [6.45, 7) is 4.04. The van der Waals surface area contributed by atoms with Crippen molar-refractivity contribution in [3.63, 3.8) is 0 Å². The van der Waals surface area contributed by atoms with Crippen molar-refractivity contribution >= 4 is 0 Å². The average Bonchev–Trinajstić information content (AvgIpc) is 2.44. The van der Waals surface area contributed by atoms with Gasteiger partial charge < -0.3 is 10.5 Å². The molecule has 0 amide bonds. The van der Waals surface area contributed by atoms with Crippen LogP contribution in [0.3, 0.4) is 0 Å². The van der Waals surface area contributed by atoms with Crippen molar-refractivity contribution in [3.05, 3.63) is 64.5 Å². The van der Waals surface area contributed by atoms with E-state index in [1.54, 1.807) is 19.2 Å². The van der Waals surface area contributed by atoms with Gasteiger partial charge in [0.25, 0.3) is 0 Å². The number of benzene rings is 2. The van der Waals surface area contributed by atoms with Crippen molar-refractivity contribution in [3.8, 4) is 5.75 Å². The Balaban J connectivity index is 2.32. The molecule has 0 aliphatic heterocycles. The highest BCUT2D eigenvalue weighted by Gasteiger charge is 2.16. The molecule has 0 fully saturated rings. The van der Waals surface area contributed by atoms with Gasteiger partial charge in [-0.25, -0.2) is 4.39 Å². The largest absolute Gasteiger partial charge is 0.496 e. The zero-order valence-corrected chi connectivity index (χ0v) is 12.1. The van der Waals surface area contributed by atoms with Crippen molar-refractivity contribution in [2.24, 2.45) is 5.73 Å². The molecule has 1 atom stereocenters. The molecule has 2 nitrogen and oxygen atoms in total. The Morgan fingerprint density at radius 3 is 2.50 bits per heavy atom. The Labute approximate surface area is 119 Å². The first kappa shape index (κ1) is 14.5. The maximum absolute atomic E-state index is 13.7. The zero-order chi connectivity index (χ0) is 14.7. The van der Waals surface area contributed by atoms with Crippen molar-refractivity contribution < 1.29 is 9.13 Å². The lowest BCUT2D eigenvalue weighted by molar-refractivity contribution is 0.401. The second-order valence-corrected chi connectivity index (χ2v) is 5.03. The van der Waals surface area contributed by atoms with Gasteiger partial charge >= 0.3 is 0 Å². The molecule has 2 aromatic carbocycles. The van der Waals surface area contributed by atoms with Gasteiger partial charge in [0.15, 0.2) is 0 Å². The topological polar surface area (TPSA) is 35.2 Å². The van der Waals surface area contributed by atoms with E-state index in [0.717, 1.165) is 22.4 Å². The van der Waals surface area contributed by atoms with Crippen LogP contribution in [0.1, 0.15) is 28.3 Å². The van der Waals surface area contributed by atoms with Crippen LogP contribution in [0.4, 0.5) is 4.39 Å². The summed E-state index contributed by atoms with van der Waals surface area (Å²) >= 11 is 0. The number of hydrogen-bond acceptors (Lipinski definition) is 2. The minimum atomic E-state index is -0.291. The lowest BCUT2D eigenvalue weighted by Gasteiger charge is -2.19. The number of halogens is 1. The molecule has 2 N–H and O–H groups in total. The molecule has 3 heteroatoms. The summed E-state index contributed by atoms with van der Waals surface area (Å²) in [6, 6.07) is 10.4. The van der Waals surface area contributed by atoms with E-state index in [1.807, 2.05) is 32.0 Å². The maximum atomic E-state index is 13.7. The summed E-state index contributed by atoms with van der Waals surface area (Å²) < 4.78 is 19.2. The van der Waals surface area contributed by atoms with Crippen LogP contribution in [-0.4, -0.2) is 7.11 Å². The first-order valence-electron chi connectivity index (χ1n) is 6.67. The highest BCUT2D eigenvalue weighted by Crippen LogP contribution is 2.31. The van der Waals surface area contributed by atoms with Crippen molar-refractivity contribution in [2.45, 2.75) is 26.3 Å². The predicted octanol–water partition coefficient (Wildman–Crippen LogP) is 3.69. The van der Waals surface area contributed by atoms with Crippen LogP contribution in [0.25, 0.3) is 0 Å². The smallest absolute Gasteiger partial charge is 0.126 e. The molecule has 2 rings (SSSR count). The van der Waals surface area contributed by atoms with Crippen LogP contribution in [0.15, 0.2) is 36.4 Å². The van der Waals surface area contributed by atoms with Gasteiger partial charge in [-0.15, -0.1) is 0 Å². The van der Waals surface area contributed by atoms with Gasteiger partial charge in [0.05, 0.1) is 7.11 Å². The average molecular weight is 273 g/mol. The highest BCUT2D eigenvalue weighted by molar-refractivity contribution is 5.47. The molecule has 2 aromatic rings. The number of methoxy groups -OCH3 is 1.